The summed E-state index contributed by atoms with van der Waals surface area (Å²) in [5, 5.41) is 5.23. The van der Waals surface area contributed by atoms with Gasteiger partial charge in [0.2, 0.25) is 0 Å². The van der Waals surface area contributed by atoms with Crippen molar-refractivity contribution in [2.75, 3.05) is 11.5 Å². The molecule has 1 aliphatic rings. The Balaban J connectivity index is 1.77. The maximum Gasteiger partial charge on any atom is 0.268 e. The molecule has 26 heavy (non-hydrogen) atoms. The minimum absolute atomic E-state index is 0.0156. The van der Waals surface area contributed by atoms with E-state index in [1.807, 2.05) is 0 Å². The molecule has 0 spiro atoms. The molecule has 136 valence electrons. The van der Waals surface area contributed by atoms with Crippen molar-refractivity contribution in [1.82, 2.24) is 10.6 Å². The summed E-state index contributed by atoms with van der Waals surface area (Å²) in [6, 6.07) is 11.3. The van der Waals surface area contributed by atoms with E-state index in [1.54, 1.807) is 42.5 Å². The summed E-state index contributed by atoms with van der Waals surface area (Å²) in [6.45, 7) is 0. The van der Waals surface area contributed by atoms with E-state index in [-0.39, 0.29) is 17.2 Å². The Morgan fingerprint density at radius 3 is 2.50 bits per heavy atom. The van der Waals surface area contributed by atoms with Gasteiger partial charge in [0.1, 0.15) is 11.5 Å². The molecule has 0 radical (unpaired) electrons. The van der Waals surface area contributed by atoms with Crippen LogP contribution in [0, 0.1) is 0 Å². The van der Waals surface area contributed by atoms with Crippen molar-refractivity contribution in [3.63, 3.8) is 0 Å². The summed E-state index contributed by atoms with van der Waals surface area (Å²) < 4.78 is 28.3. The van der Waals surface area contributed by atoms with E-state index >= 15 is 0 Å². The molecular weight excluding hydrogens is 356 g/mol. The molecule has 8 heteroatoms. The largest absolute Gasteiger partial charge is 0.465 e. The lowest BCUT2D eigenvalue weighted by molar-refractivity contribution is -0.118. The summed E-state index contributed by atoms with van der Waals surface area (Å²) in [5.41, 5.74) is 0.382. The number of hydrogen-bond acceptors (Lipinski definition) is 5. The first-order valence-electron chi connectivity index (χ1n) is 8.06. The number of rotatable bonds is 5. The van der Waals surface area contributed by atoms with Crippen LogP contribution in [0.1, 0.15) is 22.5 Å². The maximum absolute atomic E-state index is 12.6. The second-order valence-electron chi connectivity index (χ2n) is 5.97. The predicted molar refractivity (Wildman–Crippen MR) is 95.8 cm³/mol. The van der Waals surface area contributed by atoms with E-state index in [4.69, 9.17) is 4.42 Å². The lowest BCUT2D eigenvalue weighted by Crippen LogP contribution is -2.41. The van der Waals surface area contributed by atoms with Crippen molar-refractivity contribution in [3.05, 3.63) is 65.7 Å². The van der Waals surface area contributed by atoms with Crippen molar-refractivity contribution in [2.45, 2.75) is 12.5 Å². The molecule has 1 aliphatic heterocycles. The monoisotopic (exact) mass is 374 g/mol. The van der Waals surface area contributed by atoms with E-state index in [9.17, 15) is 18.0 Å². The van der Waals surface area contributed by atoms with Crippen molar-refractivity contribution in [3.8, 4) is 0 Å². The molecule has 0 bridgehead atoms. The van der Waals surface area contributed by atoms with Crippen LogP contribution in [-0.2, 0) is 14.6 Å². The quantitative estimate of drug-likeness (QED) is 0.769. The lowest BCUT2D eigenvalue weighted by Gasteiger charge is -2.14. The molecule has 2 N–H and O–H groups in total. The van der Waals surface area contributed by atoms with Crippen LogP contribution in [0.25, 0.3) is 6.08 Å². The zero-order chi connectivity index (χ0) is 18.6. The minimum Gasteiger partial charge on any atom is -0.465 e. The first-order valence-corrected chi connectivity index (χ1v) is 9.88. The van der Waals surface area contributed by atoms with Gasteiger partial charge in [-0.1, -0.05) is 18.2 Å². The molecule has 3 rings (SSSR count). The van der Waals surface area contributed by atoms with Gasteiger partial charge in [0.25, 0.3) is 11.8 Å². The van der Waals surface area contributed by atoms with E-state index in [2.05, 4.69) is 10.6 Å². The molecule has 2 heterocycles. The van der Waals surface area contributed by atoms with Gasteiger partial charge in [-0.3, -0.25) is 9.59 Å². The van der Waals surface area contributed by atoms with E-state index < -0.39 is 27.7 Å². The topological polar surface area (TPSA) is 105 Å². The Labute approximate surface area is 151 Å². The van der Waals surface area contributed by atoms with Gasteiger partial charge in [-0.25, -0.2) is 8.42 Å². The van der Waals surface area contributed by atoms with Gasteiger partial charge in [-0.15, -0.1) is 0 Å². The fraction of sp³-hybridized carbons (Fsp3) is 0.222. The van der Waals surface area contributed by atoms with Gasteiger partial charge in [0, 0.05) is 17.7 Å². The Morgan fingerprint density at radius 2 is 1.88 bits per heavy atom. The van der Waals surface area contributed by atoms with Crippen molar-refractivity contribution in [2.24, 2.45) is 0 Å². The third kappa shape index (κ3) is 4.60. The minimum atomic E-state index is -3.12. The van der Waals surface area contributed by atoms with Gasteiger partial charge in [0.05, 0.1) is 17.8 Å². The number of furan rings is 1. The van der Waals surface area contributed by atoms with Crippen LogP contribution in [0.3, 0.4) is 0 Å². The fourth-order valence-corrected chi connectivity index (χ4v) is 4.30. The Hall–Kier alpha value is -2.87. The van der Waals surface area contributed by atoms with E-state index in [0.29, 0.717) is 17.7 Å². The smallest absolute Gasteiger partial charge is 0.268 e. The molecule has 0 aliphatic carbocycles. The van der Waals surface area contributed by atoms with Crippen LogP contribution < -0.4 is 10.6 Å². The molecule has 1 aromatic carbocycles. The van der Waals surface area contributed by atoms with Crippen LogP contribution in [-0.4, -0.2) is 37.8 Å². The third-order valence-electron chi connectivity index (χ3n) is 3.93. The summed E-state index contributed by atoms with van der Waals surface area (Å²) in [4.78, 5) is 24.9. The highest BCUT2D eigenvalue weighted by Gasteiger charge is 2.30. The van der Waals surface area contributed by atoms with E-state index in [0.717, 1.165) is 0 Å². The summed E-state index contributed by atoms with van der Waals surface area (Å²) in [5.74, 6) is -0.668. The highest BCUT2D eigenvalue weighted by Crippen LogP contribution is 2.13. The molecule has 2 aromatic rings. The Bertz CT molecular complexity index is 918. The van der Waals surface area contributed by atoms with Gasteiger partial charge >= 0.3 is 0 Å². The molecule has 0 unspecified atom stereocenters. The average Bonchev–Trinajstić information content (AvgIpc) is 3.24. The van der Waals surface area contributed by atoms with Gasteiger partial charge < -0.3 is 15.1 Å². The molecule has 1 aromatic heterocycles. The number of amides is 2. The standard InChI is InChI=1S/C18H18N2O5S/c21-17(13-5-2-1-3-6-13)20-16(11-15-7-4-9-25-15)18(22)19-14-8-10-26(23,24)12-14/h1-7,9,11,14H,8,10,12H2,(H,19,22)(H,20,21)/b16-11-/t14-/m1/s1. The second-order valence-corrected chi connectivity index (χ2v) is 8.20. The molecule has 1 saturated heterocycles. The van der Waals surface area contributed by atoms with E-state index in [1.165, 1.54) is 12.3 Å². The fourth-order valence-electron chi connectivity index (χ4n) is 2.63. The molecular formula is C18H18N2O5S. The zero-order valence-corrected chi connectivity index (χ0v) is 14.7. The lowest BCUT2D eigenvalue weighted by atomic mass is 10.2. The van der Waals surface area contributed by atoms with Crippen LogP contribution in [0.4, 0.5) is 0 Å². The molecule has 2 amide bonds. The highest BCUT2D eigenvalue weighted by atomic mass is 32.2. The first kappa shape index (κ1) is 17.9. The Kier molecular flexibility index (Phi) is 5.22. The maximum atomic E-state index is 12.6. The van der Waals surface area contributed by atoms with Crippen molar-refractivity contribution < 1.29 is 22.4 Å². The van der Waals surface area contributed by atoms with Crippen LogP contribution in [0.15, 0.2) is 58.8 Å². The zero-order valence-electron chi connectivity index (χ0n) is 13.8. The number of sulfone groups is 1. The SMILES string of the molecule is O=C(N[C@@H]1CCS(=O)(=O)C1)/C(=C/c1ccco1)NC(=O)c1ccccc1. The normalized spacial score (nSPS) is 19.1. The van der Waals surface area contributed by atoms with Crippen molar-refractivity contribution in [1.29, 1.82) is 0 Å². The molecule has 7 nitrogen and oxygen atoms in total. The third-order valence-corrected chi connectivity index (χ3v) is 5.69. The van der Waals surface area contributed by atoms with Crippen LogP contribution >= 0.6 is 0 Å². The van der Waals surface area contributed by atoms with Crippen LogP contribution in [0.5, 0.6) is 0 Å². The van der Waals surface area contributed by atoms with Gasteiger partial charge in [-0.05, 0) is 30.7 Å². The predicted octanol–water partition coefficient (Wildman–Crippen LogP) is 1.35. The second kappa shape index (κ2) is 7.57. The van der Waals surface area contributed by atoms with Gasteiger partial charge in [0.15, 0.2) is 9.84 Å². The van der Waals surface area contributed by atoms with Crippen molar-refractivity contribution >= 4 is 27.7 Å². The summed E-state index contributed by atoms with van der Waals surface area (Å²) in [7, 11) is -3.12. The Morgan fingerprint density at radius 1 is 1.12 bits per heavy atom. The molecule has 0 saturated carbocycles. The summed E-state index contributed by atoms with van der Waals surface area (Å²) >= 11 is 0. The average molecular weight is 374 g/mol. The number of benzene rings is 1. The molecule has 1 fully saturated rings. The number of carbonyl (C=O) groups is 2. The molecule has 1 atom stereocenters. The number of hydrogen-bond donors (Lipinski definition) is 2. The number of nitrogens with one attached hydrogen (secondary N) is 2. The summed E-state index contributed by atoms with van der Waals surface area (Å²) in [6.07, 6.45) is 3.21. The first-order chi connectivity index (χ1) is 12.4. The van der Waals surface area contributed by atoms with Crippen LogP contribution in [0.2, 0.25) is 0 Å². The highest BCUT2D eigenvalue weighted by molar-refractivity contribution is 7.91. The number of carbonyl (C=O) groups excluding carboxylic acids is 2. The van der Waals surface area contributed by atoms with Gasteiger partial charge in [-0.2, -0.15) is 0 Å².